The molecule has 8 heteroatoms. The molecule has 0 spiro atoms. The minimum Gasteiger partial charge on any atom is -0.493 e. The van der Waals surface area contributed by atoms with Crippen LogP contribution < -0.4 is 15.2 Å². The average Bonchev–Trinajstić information content (AvgIpc) is 3.61. The number of primary amides is 1. The molecular weight excluding hydrogens is 444 g/mol. The van der Waals surface area contributed by atoms with Gasteiger partial charge in [-0.25, -0.2) is 4.98 Å². The number of amides is 1. The summed E-state index contributed by atoms with van der Waals surface area (Å²) >= 11 is 0. The van der Waals surface area contributed by atoms with Crippen LogP contribution in [0.15, 0.2) is 24.3 Å². The lowest BCUT2D eigenvalue weighted by molar-refractivity contribution is -0.118. The molecule has 0 bridgehead atoms. The number of ether oxygens (including phenoxy) is 2. The highest BCUT2D eigenvalue weighted by Crippen LogP contribution is 2.41. The summed E-state index contributed by atoms with van der Waals surface area (Å²) in [6.45, 7) is 6.99. The van der Waals surface area contributed by atoms with Gasteiger partial charge in [0.1, 0.15) is 11.5 Å². The number of methoxy groups -OCH3 is 1. The normalized spacial score (nSPS) is 15.2. The molecule has 1 aromatic heterocycles. The standard InChI is InChI=1S/C27H34N4O4/c1-27(2,3)19-12-18(13-22(25(19)34-4)35-11-5-6-23(28)33)21(32)15-31-14-17-9-10-20(16-7-8-16)30-24(17)26(31)29/h9-10,12-13,16,29H,5-8,11,14-15H2,1-4H3,(H2,28,33). The van der Waals surface area contributed by atoms with E-state index in [0.29, 0.717) is 47.5 Å². The molecule has 2 aromatic rings. The summed E-state index contributed by atoms with van der Waals surface area (Å²) in [7, 11) is 1.58. The van der Waals surface area contributed by atoms with E-state index < -0.39 is 0 Å². The van der Waals surface area contributed by atoms with Crippen molar-refractivity contribution in [1.82, 2.24) is 9.88 Å². The highest BCUT2D eigenvalue weighted by molar-refractivity contribution is 6.04. The number of Topliss-reactive ketones (excluding diaryl/α,β-unsaturated/α-hetero) is 1. The number of amidine groups is 1. The van der Waals surface area contributed by atoms with Gasteiger partial charge in [-0.3, -0.25) is 15.0 Å². The van der Waals surface area contributed by atoms with Gasteiger partial charge in [-0.15, -0.1) is 0 Å². The molecule has 3 N–H and O–H groups in total. The number of carbonyl (C=O) groups excluding carboxylic acids is 2. The van der Waals surface area contributed by atoms with Gasteiger partial charge in [-0.1, -0.05) is 26.8 Å². The topological polar surface area (TPSA) is 119 Å². The first-order valence-corrected chi connectivity index (χ1v) is 12.1. The van der Waals surface area contributed by atoms with Crippen LogP contribution in [0.3, 0.4) is 0 Å². The second-order valence-electron chi connectivity index (χ2n) is 10.4. The van der Waals surface area contributed by atoms with Gasteiger partial charge in [0, 0.05) is 41.3 Å². The fourth-order valence-corrected chi connectivity index (χ4v) is 4.34. The van der Waals surface area contributed by atoms with E-state index in [1.54, 1.807) is 18.1 Å². The van der Waals surface area contributed by atoms with E-state index in [2.05, 4.69) is 6.07 Å². The zero-order valence-electron chi connectivity index (χ0n) is 20.9. The monoisotopic (exact) mass is 478 g/mol. The first-order valence-electron chi connectivity index (χ1n) is 12.1. The van der Waals surface area contributed by atoms with Crippen molar-refractivity contribution in [2.24, 2.45) is 5.73 Å². The van der Waals surface area contributed by atoms with E-state index >= 15 is 0 Å². The molecule has 35 heavy (non-hydrogen) atoms. The van der Waals surface area contributed by atoms with Crippen molar-refractivity contribution in [3.63, 3.8) is 0 Å². The third kappa shape index (κ3) is 5.47. The maximum absolute atomic E-state index is 13.4. The molecule has 1 saturated carbocycles. The summed E-state index contributed by atoms with van der Waals surface area (Å²) in [4.78, 5) is 31.0. The number of carbonyl (C=O) groups is 2. The largest absolute Gasteiger partial charge is 0.493 e. The highest BCUT2D eigenvalue weighted by atomic mass is 16.5. The van der Waals surface area contributed by atoms with Gasteiger partial charge in [0.05, 0.1) is 20.3 Å². The molecule has 2 heterocycles. The van der Waals surface area contributed by atoms with E-state index in [1.165, 1.54) is 0 Å². The highest BCUT2D eigenvalue weighted by Gasteiger charge is 2.32. The Balaban J connectivity index is 1.55. The van der Waals surface area contributed by atoms with Crippen molar-refractivity contribution in [3.8, 4) is 11.5 Å². The first-order chi connectivity index (χ1) is 16.6. The third-order valence-electron chi connectivity index (χ3n) is 6.45. The zero-order chi connectivity index (χ0) is 25.3. The van der Waals surface area contributed by atoms with Gasteiger partial charge in [0.25, 0.3) is 0 Å². The van der Waals surface area contributed by atoms with Gasteiger partial charge in [-0.2, -0.15) is 0 Å². The molecule has 1 amide bonds. The molecular formula is C27H34N4O4. The van der Waals surface area contributed by atoms with Gasteiger partial charge in [-0.05, 0) is 42.9 Å². The van der Waals surface area contributed by atoms with Crippen molar-refractivity contribution in [2.75, 3.05) is 20.3 Å². The number of aromatic nitrogens is 1. The van der Waals surface area contributed by atoms with Crippen LogP contribution in [0, 0.1) is 5.41 Å². The van der Waals surface area contributed by atoms with Gasteiger partial charge in [0.15, 0.2) is 17.3 Å². The lowest BCUT2D eigenvalue weighted by Crippen LogP contribution is -2.30. The number of nitrogens with zero attached hydrogens (tertiary/aromatic N) is 2. The lowest BCUT2D eigenvalue weighted by atomic mass is 9.84. The van der Waals surface area contributed by atoms with Crippen LogP contribution in [0.4, 0.5) is 0 Å². The Hall–Kier alpha value is -3.42. The molecule has 0 saturated heterocycles. The predicted octanol–water partition coefficient (Wildman–Crippen LogP) is 3.93. The van der Waals surface area contributed by atoms with Crippen molar-refractivity contribution in [1.29, 1.82) is 5.41 Å². The van der Waals surface area contributed by atoms with Crippen LogP contribution in [0.2, 0.25) is 0 Å². The fourth-order valence-electron chi connectivity index (χ4n) is 4.34. The van der Waals surface area contributed by atoms with E-state index in [-0.39, 0.29) is 36.7 Å². The molecule has 0 atom stereocenters. The van der Waals surface area contributed by atoms with Crippen LogP contribution in [-0.2, 0) is 16.8 Å². The Bertz CT molecular complexity index is 1160. The van der Waals surface area contributed by atoms with E-state index in [0.717, 1.165) is 29.7 Å². The maximum Gasteiger partial charge on any atom is 0.217 e. The molecule has 0 radical (unpaired) electrons. The number of nitrogens with two attached hydrogens (primary N) is 1. The smallest absolute Gasteiger partial charge is 0.217 e. The van der Waals surface area contributed by atoms with E-state index in [1.807, 2.05) is 32.9 Å². The number of benzene rings is 1. The van der Waals surface area contributed by atoms with Crippen LogP contribution in [-0.4, -0.2) is 47.7 Å². The molecule has 4 rings (SSSR count). The van der Waals surface area contributed by atoms with Gasteiger partial charge < -0.3 is 20.1 Å². The number of ketones is 1. The Kier molecular flexibility index (Phi) is 6.83. The number of hydrogen-bond acceptors (Lipinski definition) is 6. The predicted molar refractivity (Wildman–Crippen MR) is 133 cm³/mol. The number of fused-ring (bicyclic) bond motifs is 1. The van der Waals surface area contributed by atoms with Crippen molar-refractivity contribution >= 4 is 17.5 Å². The van der Waals surface area contributed by atoms with Gasteiger partial charge in [0.2, 0.25) is 5.91 Å². The summed E-state index contributed by atoms with van der Waals surface area (Å²) in [6, 6.07) is 7.64. The Morgan fingerprint density at radius 1 is 1.23 bits per heavy atom. The molecule has 2 aliphatic rings. The zero-order valence-corrected chi connectivity index (χ0v) is 20.9. The van der Waals surface area contributed by atoms with Crippen molar-refractivity contribution < 1.29 is 19.1 Å². The third-order valence-corrected chi connectivity index (χ3v) is 6.45. The van der Waals surface area contributed by atoms with Gasteiger partial charge >= 0.3 is 0 Å². The Morgan fingerprint density at radius 2 is 1.97 bits per heavy atom. The summed E-state index contributed by atoms with van der Waals surface area (Å²) in [5, 5.41) is 8.62. The van der Waals surface area contributed by atoms with Crippen LogP contribution in [0.1, 0.15) is 85.2 Å². The summed E-state index contributed by atoms with van der Waals surface area (Å²) in [5.74, 6) is 1.35. The van der Waals surface area contributed by atoms with Crippen molar-refractivity contribution in [2.45, 2.75) is 64.3 Å². The molecule has 8 nitrogen and oxygen atoms in total. The molecule has 1 aliphatic heterocycles. The molecule has 186 valence electrons. The fraction of sp³-hybridized carbons (Fsp3) is 0.481. The number of nitrogens with one attached hydrogen (secondary N) is 1. The Labute approximate surface area is 206 Å². The van der Waals surface area contributed by atoms with Crippen LogP contribution in [0.5, 0.6) is 11.5 Å². The lowest BCUT2D eigenvalue weighted by Gasteiger charge is -2.25. The van der Waals surface area contributed by atoms with E-state index in [9.17, 15) is 9.59 Å². The molecule has 1 aliphatic carbocycles. The SMILES string of the molecule is COc1c(OCCCC(N)=O)cc(C(=O)CN2Cc3ccc(C4CC4)nc3C2=N)cc1C(C)(C)C. The van der Waals surface area contributed by atoms with E-state index in [4.69, 9.17) is 25.6 Å². The minimum atomic E-state index is -0.382. The second kappa shape index (κ2) is 9.68. The van der Waals surface area contributed by atoms with Crippen molar-refractivity contribution in [3.05, 3.63) is 52.3 Å². The number of hydrogen-bond donors (Lipinski definition) is 2. The second-order valence-corrected chi connectivity index (χ2v) is 10.4. The maximum atomic E-state index is 13.4. The summed E-state index contributed by atoms with van der Waals surface area (Å²) in [5.41, 5.74) is 8.99. The van der Waals surface area contributed by atoms with Crippen LogP contribution in [0.25, 0.3) is 0 Å². The summed E-state index contributed by atoms with van der Waals surface area (Å²) in [6.07, 6.45) is 3.01. The number of rotatable bonds is 10. The summed E-state index contributed by atoms with van der Waals surface area (Å²) < 4.78 is 11.6. The quantitative estimate of drug-likeness (QED) is 0.394. The minimum absolute atomic E-state index is 0.0744. The Morgan fingerprint density at radius 3 is 2.60 bits per heavy atom. The first kappa shape index (κ1) is 24.7. The van der Waals surface area contributed by atoms with Crippen LogP contribution >= 0.6 is 0 Å². The molecule has 1 fully saturated rings. The average molecular weight is 479 g/mol. The number of pyridine rings is 1. The molecule has 1 aromatic carbocycles. The molecule has 0 unspecified atom stereocenters.